The number of aryl methyl sites for hydroxylation is 1. The van der Waals surface area contributed by atoms with Gasteiger partial charge in [-0.2, -0.15) is 9.94 Å². The molecule has 0 saturated carbocycles. The summed E-state index contributed by atoms with van der Waals surface area (Å²) < 4.78 is 42.7. The lowest BCUT2D eigenvalue weighted by molar-refractivity contribution is -0.274. The van der Waals surface area contributed by atoms with Crippen molar-refractivity contribution in [2.75, 3.05) is 0 Å². The van der Waals surface area contributed by atoms with E-state index in [4.69, 9.17) is 16.9 Å². The Kier molecular flexibility index (Phi) is 6.12. The number of hydrogen-bond donors (Lipinski definition) is 1. The van der Waals surface area contributed by atoms with Gasteiger partial charge in [0.1, 0.15) is 17.6 Å². The van der Waals surface area contributed by atoms with E-state index < -0.39 is 24.1 Å². The second kappa shape index (κ2) is 8.61. The fraction of sp³-hybridized carbons (Fsp3) is 0.211. The lowest BCUT2D eigenvalue weighted by Gasteiger charge is -2.15. The topological polar surface area (TPSA) is 106 Å². The van der Waals surface area contributed by atoms with E-state index in [0.29, 0.717) is 23.0 Å². The number of nitrogens with zero attached hydrogens (tertiary/aromatic N) is 5. The molecule has 0 aliphatic carbocycles. The minimum absolute atomic E-state index is 0.0969. The minimum atomic E-state index is -4.92. The molecular weight excluding hydrogens is 437 g/mol. The maximum absolute atomic E-state index is 12.6. The van der Waals surface area contributed by atoms with Crippen molar-refractivity contribution in [3.63, 3.8) is 0 Å². The summed E-state index contributed by atoms with van der Waals surface area (Å²) in [5.41, 5.74) is 0.235. The Morgan fingerprint density at radius 2 is 2.06 bits per heavy atom. The Morgan fingerprint density at radius 1 is 1.32 bits per heavy atom. The Balaban J connectivity index is 1.84. The van der Waals surface area contributed by atoms with Gasteiger partial charge in [0.2, 0.25) is 0 Å². The molecule has 0 bridgehead atoms. The number of amides is 1. The van der Waals surface area contributed by atoms with Crippen molar-refractivity contribution in [1.82, 2.24) is 25.1 Å². The number of nitrogens with one attached hydrogen (secondary N) is 1. The van der Waals surface area contributed by atoms with Crippen molar-refractivity contribution in [2.45, 2.75) is 26.3 Å². The second-order valence-electron chi connectivity index (χ2n) is 6.36. The molecule has 0 radical (unpaired) electrons. The normalized spacial score (nSPS) is 12.2. The monoisotopic (exact) mass is 450 g/mol. The molecule has 1 atom stereocenters. The molecule has 31 heavy (non-hydrogen) atoms. The number of benzene rings is 1. The van der Waals surface area contributed by atoms with Crippen molar-refractivity contribution in [3.05, 3.63) is 64.3 Å². The molecule has 0 aliphatic rings. The molecule has 1 N–H and O–H groups in total. The fourth-order valence-corrected chi connectivity index (χ4v) is 2.91. The van der Waals surface area contributed by atoms with Gasteiger partial charge in [-0.25, -0.2) is 9.97 Å². The number of rotatable bonds is 5. The summed E-state index contributed by atoms with van der Waals surface area (Å²) >= 11 is 5.82. The first-order valence-corrected chi connectivity index (χ1v) is 9.11. The predicted octanol–water partition coefficient (Wildman–Crippen LogP) is 3.89. The van der Waals surface area contributed by atoms with Crippen LogP contribution < -0.4 is 10.1 Å². The Bertz CT molecular complexity index is 1150. The first-order valence-electron chi connectivity index (χ1n) is 8.73. The largest absolute Gasteiger partial charge is 0.573 e. The summed E-state index contributed by atoms with van der Waals surface area (Å²) in [6, 6.07) is 7.48. The van der Waals surface area contributed by atoms with Crippen LogP contribution in [0.1, 0.15) is 40.5 Å². The van der Waals surface area contributed by atoms with Crippen LogP contribution in [0.3, 0.4) is 0 Å². The van der Waals surface area contributed by atoms with Crippen LogP contribution in [0, 0.1) is 18.3 Å². The molecule has 2 aromatic heterocycles. The van der Waals surface area contributed by atoms with Crippen LogP contribution in [-0.2, 0) is 0 Å². The molecule has 2 heterocycles. The summed E-state index contributed by atoms with van der Waals surface area (Å²) in [7, 11) is 0. The van der Waals surface area contributed by atoms with Crippen LogP contribution in [0.15, 0.2) is 36.5 Å². The number of nitriles is 1. The van der Waals surface area contributed by atoms with Gasteiger partial charge < -0.3 is 10.1 Å². The van der Waals surface area contributed by atoms with Crippen LogP contribution in [0.5, 0.6) is 5.75 Å². The van der Waals surface area contributed by atoms with E-state index >= 15 is 0 Å². The van der Waals surface area contributed by atoms with Gasteiger partial charge in [0.25, 0.3) is 5.91 Å². The summed E-state index contributed by atoms with van der Waals surface area (Å²) in [5.74, 6) is -0.192. The fourth-order valence-electron chi connectivity index (χ4n) is 2.69. The molecule has 0 aliphatic heterocycles. The van der Waals surface area contributed by atoms with Gasteiger partial charge >= 0.3 is 6.36 Å². The molecule has 160 valence electrons. The Labute approximate surface area is 179 Å². The highest BCUT2D eigenvalue weighted by Crippen LogP contribution is 2.27. The molecule has 3 aromatic rings. The molecule has 8 nitrogen and oxygen atoms in total. The lowest BCUT2D eigenvalue weighted by atomic mass is 10.2. The summed E-state index contributed by atoms with van der Waals surface area (Å²) in [4.78, 5) is 21.1. The lowest BCUT2D eigenvalue weighted by Crippen LogP contribution is -2.29. The smallest absolute Gasteiger partial charge is 0.406 e. The zero-order chi connectivity index (χ0) is 22.8. The predicted molar refractivity (Wildman–Crippen MR) is 103 cm³/mol. The van der Waals surface area contributed by atoms with Crippen LogP contribution in [0.2, 0.25) is 5.02 Å². The minimum Gasteiger partial charge on any atom is -0.406 e. The third-order valence-corrected chi connectivity index (χ3v) is 4.15. The van der Waals surface area contributed by atoms with Gasteiger partial charge in [-0.1, -0.05) is 11.6 Å². The zero-order valence-corrected chi connectivity index (χ0v) is 16.9. The molecule has 0 saturated heterocycles. The number of ether oxygens (including phenoxy) is 1. The molecule has 1 amide bonds. The van der Waals surface area contributed by atoms with Crippen molar-refractivity contribution < 1.29 is 22.7 Å². The van der Waals surface area contributed by atoms with Crippen LogP contribution in [0.25, 0.3) is 5.82 Å². The molecule has 0 fully saturated rings. The van der Waals surface area contributed by atoms with Crippen molar-refractivity contribution in [1.29, 1.82) is 5.26 Å². The van der Waals surface area contributed by atoms with Crippen LogP contribution in [0.4, 0.5) is 13.2 Å². The number of pyridine rings is 1. The molecule has 3 rings (SSSR count). The SMILES string of the molecule is Cc1nc(C(C)NC(=O)c2cc(Cl)cc(OC(F)(F)F)c2)n(-c2ccc(C#N)cn2)n1. The van der Waals surface area contributed by atoms with Gasteiger partial charge in [0.15, 0.2) is 11.6 Å². The Hall–Kier alpha value is -3.65. The summed E-state index contributed by atoms with van der Waals surface area (Å²) in [6.45, 7) is 3.27. The third-order valence-electron chi connectivity index (χ3n) is 3.93. The standard InChI is InChI=1S/C19H14ClF3N6O2/c1-10(17-27-11(2)28-29(17)16-4-3-12(8-24)9-25-16)26-18(30)13-5-14(20)7-15(6-13)31-19(21,22)23/h3-7,9-10H,1-2H3,(H,26,30). The van der Waals surface area contributed by atoms with Gasteiger partial charge in [0.05, 0.1) is 11.6 Å². The van der Waals surface area contributed by atoms with E-state index in [9.17, 15) is 18.0 Å². The van der Waals surface area contributed by atoms with E-state index in [-0.39, 0.29) is 10.6 Å². The summed E-state index contributed by atoms with van der Waals surface area (Å²) in [5, 5.41) is 15.7. The Morgan fingerprint density at radius 3 is 2.68 bits per heavy atom. The van der Waals surface area contributed by atoms with Gasteiger partial charge in [-0.3, -0.25) is 4.79 Å². The quantitative estimate of drug-likeness (QED) is 0.632. The molecule has 0 spiro atoms. The van der Waals surface area contributed by atoms with E-state index in [1.807, 2.05) is 6.07 Å². The van der Waals surface area contributed by atoms with Gasteiger partial charge in [0, 0.05) is 16.8 Å². The average Bonchev–Trinajstić information content (AvgIpc) is 3.08. The highest BCUT2D eigenvalue weighted by atomic mass is 35.5. The van der Waals surface area contributed by atoms with Crippen molar-refractivity contribution in [2.24, 2.45) is 0 Å². The zero-order valence-electron chi connectivity index (χ0n) is 16.1. The number of hydrogen-bond acceptors (Lipinski definition) is 6. The van der Waals surface area contributed by atoms with Crippen molar-refractivity contribution >= 4 is 17.5 Å². The number of carbonyl (C=O) groups is 1. The number of carbonyl (C=O) groups excluding carboxylic acids is 1. The molecule has 1 aromatic carbocycles. The first kappa shape index (κ1) is 22.0. The van der Waals surface area contributed by atoms with E-state index in [1.165, 1.54) is 16.9 Å². The maximum Gasteiger partial charge on any atom is 0.573 e. The van der Waals surface area contributed by atoms with Gasteiger partial charge in [-0.05, 0) is 44.2 Å². The first-order chi connectivity index (χ1) is 14.6. The average molecular weight is 451 g/mol. The molecule has 12 heteroatoms. The van der Waals surface area contributed by atoms with E-state index in [1.54, 1.807) is 26.0 Å². The molecular formula is C19H14ClF3N6O2. The number of alkyl halides is 3. The van der Waals surface area contributed by atoms with Crippen LogP contribution in [-0.4, -0.2) is 32.0 Å². The highest BCUT2D eigenvalue weighted by Gasteiger charge is 2.31. The van der Waals surface area contributed by atoms with E-state index in [0.717, 1.165) is 12.1 Å². The summed E-state index contributed by atoms with van der Waals surface area (Å²) in [6.07, 6.45) is -3.55. The van der Waals surface area contributed by atoms with Crippen LogP contribution >= 0.6 is 11.6 Å². The third kappa shape index (κ3) is 5.49. The van der Waals surface area contributed by atoms with E-state index in [2.05, 4.69) is 25.1 Å². The molecule has 1 unspecified atom stereocenters. The van der Waals surface area contributed by atoms with Crippen molar-refractivity contribution in [3.8, 4) is 17.6 Å². The van der Waals surface area contributed by atoms with Gasteiger partial charge in [-0.15, -0.1) is 18.3 Å². The highest BCUT2D eigenvalue weighted by molar-refractivity contribution is 6.31. The number of halogens is 4. The second-order valence-corrected chi connectivity index (χ2v) is 6.80. The number of aromatic nitrogens is 4. The maximum atomic E-state index is 12.6.